The number of carbonyl (C=O) groups excluding carboxylic acids is 1. The fraction of sp³-hybridized carbons (Fsp3) is 0.238. The van der Waals surface area contributed by atoms with Gasteiger partial charge >= 0.3 is 0 Å². The number of anilines is 3. The van der Waals surface area contributed by atoms with E-state index in [9.17, 15) is 4.79 Å². The normalized spacial score (nSPS) is 12.2. The number of carbonyl (C=O) groups is 1. The van der Waals surface area contributed by atoms with Gasteiger partial charge in [-0.1, -0.05) is 6.07 Å². The zero-order valence-corrected chi connectivity index (χ0v) is 16.5. The van der Waals surface area contributed by atoms with Crippen molar-refractivity contribution in [3.63, 3.8) is 0 Å². The molecule has 0 saturated heterocycles. The molecule has 30 heavy (non-hydrogen) atoms. The molecule has 2 aromatic heterocycles. The highest BCUT2D eigenvalue weighted by atomic mass is 16.6. The van der Waals surface area contributed by atoms with Gasteiger partial charge in [0.25, 0.3) is 5.91 Å². The van der Waals surface area contributed by atoms with E-state index < -0.39 is 0 Å². The molecule has 3 aromatic rings. The Hall–Kier alpha value is -3.88. The number of rotatable bonds is 7. The van der Waals surface area contributed by atoms with E-state index in [1.807, 2.05) is 31.2 Å². The fourth-order valence-corrected chi connectivity index (χ4v) is 2.94. The second-order valence-corrected chi connectivity index (χ2v) is 6.66. The van der Waals surface area contributed by atoms with Gasteiger partial charge in [-0.3, -0.25) is 4.79 Å². The van der Waals surface area contributed by atoms with Crippen LogP contribution in [0.5, 0.6) is 11.5 Å². The number of ether oxygens (including phenoxy) is 2. The minimum Gasteiger partial charge on any atom is -0.486 e. The van der Waals surface area contributed by atoms with Crippen LogP contribution in [-0.4, -0.2) is 47.4 Å². The third-order valence-corrected chi connectivity index (χ3v) is 4.36. The van der Waals surface area contributed by atoms with E-state index in [1.54, 1.807) is 24.4 Å². The Labute approximate surface area is 173 Å². The van der Waals surface area contributed by atoms with Gasteiger partial charge in [0.15, 0.2) is 17.3 Å². The van der Waals surface area contributed by atoms with Crippen LogP contribution in [0.1, 0.15) is 15.9 Å². The molecule has 0 fully saturated rings. The summed E-state index contributed by atoms with van der Waals surface area (Å²) in [6.45, 7) is 3.83. The largest absolute Gasteiger partial charge is 0.486 e. The minimum absolute atomic E-state index is 0.213. The number of nitrogens with one attached hydrogen (secondary N) is 3. The van der Waals surface area contributed by atoms with E-state index in [0.717, 1.165) is 5.56 Å². The molecule has 0 spiro atoms. The number of hydrogen-bond donors (Lipinski definition) is 3. The quantitative estimate of drug-likeness (QED) is 0.514. The third-order valence-electron chi connectivity index (χ3n) is 4.36. The van der Waals surface area contributed by atoms with Gasteiger partial charge in [0.1, 0.15) is 24.8 Å². The lowest BCUT2D eigenvalue weighted by Gasteiger charge is -2.20. The van der Waals surface area contributed by atoms with E-state index in [0.29, 0.717) is 60.8 Å². The summed E-state index contributed by atoms with van der Waals surface area (Å²) in [5.74, 6) is 2.80. The zero-order chi connectivity index (χ0) is 20.8. The molecule has 1 aliphatic rings. The first-order valence-electron chi connectivity index (χ1n) is 9.63. The van der Waals surface area contributed by atoms with Crippen LogP contribution in [0.25, 0.3) is 0 Å². The summed E-state index contributed by atoms with van der Waals surface area (Å²) in [6, 6.07) is 12.8. The highest BCUT2D eigenvalue weighted by Gasteiger charge is 2.19. The van der Waals surface area contributed by atoms with Crippen molar-refractivity contribution in [2.24, 2.45) is 0 Å². The van der Waals surface area contributed by atoms with Crippen molar-refractivity contribution >= 4 is 23.4 Å². The molecule has 0 saturated carbocycles. The lowest BCUT2D eigenvalue weighted by molar-refractivity contribution is 0.0944. The summed E-state index contributed by atoms with van der Waals surface area (Å²) in [4.78, 5) is 16.7. The van der Waals surface area contributed by atoms with Gasteiger partial charge in [-0.25, -0.2) is 4.98 Å². The molecule has 0 atom stereocenters. The van der Waals surface area contributed by atoms with Gasteiger partial charge in [0.05, 0.1) is 5.56 Å². The molecule has 0 unspecified atom stereocenters. The molecule has 9 nitrogen and oxygen atoms in total. The third kappa shape index (κ3) is 4.75. The Kier molecular flexibility index (Phi) is 5.88. The van der Waals surface area contributed by atoms with Crippen molar-refractivity contribution in [3.05, 3.63) is 59.8 Å². The second kappa shape index (κ2) is 9.08. The number of hydrogen-bond acceptors (Lipinski definition) is 8. The highest BCUT2D eigenvalue weighted by Crippen LogP contribution is 2.33. The van der Waals surface area contributed by atoms with Crippen molar-refractivity contribution in [2.75, 3.05) is 36.9 Å². The first-order chi connectivity index (χ1) is 14.7. The van der Waals surface area contributed by atoms with Crippen molar-refractivity contribution < 1.29 is 14.3 Å². The number of nitrogens with zero attached hydrogens (tertiary/aromatic N) is 3. The topological polar surface area (TPSA) is 110 Å². The van der Waals surface area contributed by atoms with Crippen molar-refractivity contribution in [3.8, 4) is 11.5 Å². The Bertz CT molecular complexity index is 1030. The summed E-state index contributed by atoms with van der Waals surface area (Å²) in [6.07, 6.45) is 1.74. The molecule has 3 heterocycles. The van der Waals surface area contributed by atoms with Gasteiger partial charge < -0.3 is 25.4 Å². The molecule has 154 valence electrons. The molecule has 0 bridgehead atoms. The summed E-state index contributed by atoms with van der Waals surface area (Å²) in [5.41, 5.74) is 1.57. The van der Waals surface area contributed by atoms with E-state index in [-0.39, 0.29) is 5.91 Å². The number of pyridine rings is 1. The van der Waals surface area contributed by atoms with Gasteiger partial charge in [0.2, 0.25) is 0 Å². The van der Waals surface area contributed by atoms with Crippen LogP contribution in [0.2, 0.25) is 0 Å². The van der Waals surface area contributed by atoms with E-state index >= 15 is 0 Å². The SMILES string of the molecule is Cc1ccnc(Nc2ccc(NCCNC(=O)c3cccc4c3OCCO4)nn2)c1. The monoisotopic (exact) mass is 406 g/mol. The van der Waals surface area contributed by atoms with Gasteiger partial charge in [-0.05, 0) is 48.9 Å². The average molecular weight is 406 g/mol. The number of para-hydroxylation sites is 1. The maximum atomic E-state index is 12.5. The van der Waals surface area contributed by atoms with Crippen molar-refractivity contribution in [1.82, 2.24) is 20.5 Å². The van der Waals surface area contributed by atoms with Crippen LogP contribution in [0.3, 0.4) is 0 Å². The lowest BCUT2D eigenvalue weighted by Crippen LogP contribution is -2.30. The predicted octanol–water partition coefficient (Wildman–Crippen LogP) is 2.54. The predicted molar refractivity (Wildman–Crippen MR) is 113 cm³/mol. The van der Waals surface area contributed by atoms with Crippen LogP contribution in [0, 0.1) is 6.92 Å². The van der Waals surface area contributed by atoms with Crippen LogP contribution in [0.15, 0.2) is 48.7 Å². The molecule has 4 rings (SSSR count). The first-order valence-corrected chi connectivity index (χ1v) is 9.63. The minimum atomic E-state index is -0.213. The van der Waals surface area contributed by atoms with E-state index in [2.05, 4.69) is 31.1 Å². The van der Waals surface area contributed by atoms with Crippen LogP contribution in [0.4, 0.5) is 17.5 Å². The molecular formula is C21H22N6O3. The van der Waals surface area contributed by atoms with E-state index in [1.165, 1.54) is 0 Å². The Morgan fingerprint density at radius 3 is 2.67 bits per heavy atom. The fourth-order valence-electron chi connectivity index (χ4n) is 2.94. The molecule has 1 aromatic carbocycles. The molecule has 0 aliphatic carbocycles. The highest BCUT2D eigenvalue weighted by molar-refractivity contribution is 5.97. The molecule has 9 heteroatoms. The van der Waals surface area contributed by atoms with Crippen molar-refractivity contribution in [1.29, 1.82) is 0 Å². The van der Waals surface area contributed by atoms with Gasteiger partial charge in [-0.15, -0.1) is 10.2 Å². The number of aromatic nitrogens is 3. The summed E-state index contributed by atoms with van der Waals surface area (Å²) in [5, 5.41) is 17.4. The molecule has 3 N–H and O–H groups in total. The van der Waals surface area contributed by atoms with Crippen LogP contribution >= 0.6 is 0 Å². The number of amides is 1. The number of fused-ring (bicyclic) bond motifs is 1. The standard InChI is InChI=1S/C21H22N6O3/c1-14-7-8-22-19(13-14)25-18-6-5-17(26-27-18)23-9-10-24-21(28)15-3-2-4-16-20(15)30-12-11-29-16/h2-8,13H,9-12H2,1H3,(H,23,26)(H,24,28)(H,22,25,27). The molecular weight excluding hydrogens is 384 g/mol. The number of aryl methyl sites for hydroxylation is 1. The maximum absolute atomic E-state index is 12.5. The molecule has 1 amide bonds. The smallest absolute Gasteiger partial charge is 0.255 e. The van der Waals surface area contributed by atoms with E-state index in [4.69, 9.17) is 9.47 Å². The average Bonchev–Trinajstić information content (AvgIpc) is 2.77. The molecule has 0 radical (unpaired) electrons. The lowest BCUT2D eigenvalue weighted by atomic mass is 10.1. The summed E-state index contributed by atoms with van der Waals surface area (Å²) < 4.78 is 11.1. The Morgan fingerprint density at radius 1 is 1.00 bits per heavy atom. The van der Waals surface area contributed by atoms with Crippen LogP contribution in [-0.2, 0) is 0 Å². The van der Waals surface area contributed by atoms with Gasteiger partial charge in [0, 0.05) is 19.3 Å². The number of benzene rings is 1. The zero-order valence-electron chi connectivity index (χ0n) is 16.5. The Morgan fingerprint density at radius 2 is 1.83 bits per heavy atom. The van der Waals surface area contributed by atoms with Gasteiger partial charge in [-0.2, -0.15) is 0 Å². The van der Waals surface area contributed by atoms with Crippen LogP contribution < -0.4 is 25.4 Å². The summed E-state index contributed by atoms with van der Waals surface area (Å²) >= 11 is 0. The first kappa shape index (κ1) is 19.4. The summed E-state index contributed by atoms with van der Waals surface area (Å²) in [7, 11) is 0. The second-order valence-electron chi connectivity index (χ2n) is 6.66. The molecule has 1 aliphatic heterocycles. The van der Waals surface area contributed by atoms with Crippen molar-refractivity contribution in [2.45, 2.75) is 6.92 Å². The maximum Gasteiger partial charge on any atom is 0.255 e. The Balaban J connectivity index is 1.25.